The van der Waals surface area contributed by atoms with E-state index in [1.165, 1.54) is 11.4 Å². The van der Waals surface area contributed by atoms with E-state index in [4.69, 9.17) is 13.9 Å². The van der Waals surface area contributed by atoms with E-state index >= 15 is 0 Å². The molecule has 0 atom stereocenters. The Labute approximate surface area is 280 Å². The number of benzene rings is 4. The van der Waals surface area contributed by atoms with Crippen LogP contribution in [0.3, 0.4) is 0 Å². The Balaban J connectivity index is 1.67. The van der Waals surface area contributed by atoms with Crippen LogP contribution >= 0.6 is 0 Å². The largest absolute Gasteiger partial charge is 0.497 e. The number of fused-ring (bicyclic) bond motifs is 1. The third-order valence-corrected chi connectivity index (χ3v) is 8.79. The van der Waals surface area contributed by atoms with Crippen LogP contribution in [0.4, 0.5) is 5.69 Å². The summed E-state index contributed by atoms with van der Waals surface area (Å²) in [6.45, 7) is 7.56. The number of nitrogens with zero attached hydrogens (tertiary/aromatic N) is 1. The lowest BCUT2D eigenvalue weighted by atomic mass is 9.97. The molecule has 0 bridgehead atoms. The summed E-state index contributed by atoms with van der Waals surface area (Å²) in [6, 6.07) is 24.7. The van der Waals surface area contributed by atoms with Crippen molar-refractivity contribution in [3.05, 3.63) is 96.1 Å². The lowest BCUT2D eigenvalue weighted by molar-refractivity contribution is 0.0918. The fraction of sp³-hybridized carbons (Fsp3) is 0.243. The van der Waals surface area contributed by atoms with Gasteiger partial charge in [-0.15, -0.1) is 0 Å². The molecule has 5 aromatic rings. The van der Waals surface area contributed by atoms with Crippen molar-refractivity contribution in [1.29, 1.82) is 0 Å². The van der Waals surface area contributed by atoms with Gasteiger partial charge in [-0.05, 0) is 87.9 Å². The molecular formula is C37H39N3O7S. The van der Waals surface area contributed by atoms with Gasteiger partial charge < -0.3 is 24.5 Å². The van der Waals surface area contributed by atoms with Crippen LogP contribution in [-0.2, 0) is 10.0 Å². The SMILES string of the molecule is CCN(c1cc2oc(-c3ccc(Oc4cccc(OC)c4)cc3)c(C(=O)NC)c2cc1-c1cccc(C(=O)NC(C)(C)C)c1)S(C)(=O)=O. The average molecular weight is 670 g/mol. The lowest BCUT2D eigenvalue weighted by Gasteiger charge is -2.24. The molecule has 0 unspecified atom stereocenters. The second-order valence-electron chi connectivity index (χ2n) is 12.3. The number of ether oxygens (including phenoxy) is 2. The third kappa shape index (κ3) is 7.31. The first kappa shape index (κ1) is 34.1. The van der Waals surface area contributed by atoms with Gasteiger partial charge in [0.25, 0.3) is 11.8 Å². The number of methoxy groups -OCH3 is 1. The van der Waals surface area contributed by atoms with E-state index in [1.807, 2.05) is 39.0 Å². The van der Waals surface area contributed by atoms with E-state index in [-0.39, 0.29) is 23.9 Å². The van der Waals surface area contributed by atoms with Crippen molar-refractivity contribution in [1.82, 2.24) is 10.6 Å². The van der Waals surface area contributed by atoms with Gasteiger partial charge in [0.1, 0.15) is 28.6 Å². The van der Waals surface area contributed by atoms with Gasteiger partial charge in [-0.3, -0.25) is 13.9 Å². The number of hydrogen-bond donors (Lipinski definition) is 2. The average Bonchev–Trinajstić information content (AvgIpc) is 3.42. The summed E-state index contributed by atoms with van der Waals surface area (Å²) < 4.78 is 44.9. The van der Waals surface area contributed by atoms with Crippen molar-refractivity contribution >= 4 is 38.5 Å². The molecule has 2 N–H and O–H groups in total. The van der Waals surface area contributed by atoms with E-state index in [2.05, 4.69) is 10.6 Å². The van der Waals surface area contributed by atoms with Gasteiger partial charge in [-0.25, -0.2) is 8.42 Å². The van der Waals surface area contributed by atoms with Crippen LogP contribution in [0.5, 0.6) is 17.2 Å². The van der Waals surface area contributed by atoms with E-state index in [0.717, 1.165) is 6.26 Å². The molecule has 4 aromatic carbocycles. The lowest BCUT2D eigenvalue weighted by Crippen LogP contribution is -2.40. The number of amides is 2. The number of carbonyl (C=O) groups excluding carboxylic acids is 2. The third-order valence-electron chi connectivity index (χ3n) is 7.53. The zero-order chi connectivity index (χ0) is 34.8. The predicted molar refractivity (Wildman–Crippen MR) is 189 cm³/mol. The monoisotopic (exact) mass is 669 g/mol. The molecule has 0 aliphatic heterocycles. The van der Waals surface area contributed by atoms with Gasteiger partial charge in [-0.1, -0.05) is 18.2 Å². The predicted octanol–water partition coefficient (Wildman–Crippen LogP) is 7.24. The van der Waals surface area contributed by atoms with Crippen molar-refractivity contribution in [2.75, 3.05) is 31.3 Å². The molecule has 11 heteroatoms. The molecule has 2 amide bonds. The van der Waals surface area contributed by atoms with Gasteiger partial charge >= 0.3 is 0 Å². The number of hydrogen-bond acceptors (Lipinski definition) is 7. The minimum atomic E-state index is -3.72. The molecule has 10 nitrogen and oxygen atoms in total. The Morgan fingerprint density at radius 2 is 1.54 bits per heavy atom. The summed E-state index contributed by atoms with van der Waals surface area (Å²) in [6.07, 6.45) is 1.14. The minimum absolute atomic E-state index is 0.145. The Morgan fingerprint density at radius 3 is 2.17 bits per heavy atom. The molecule has 0 aliphatic rings. The normalized spacial score (nSPS) is 11.6. The summed E-state index contributed by atoms with van der Waals surface area (Å²) in [5.74, 6) is 1.49. The Bertz CT molecular complexity index is 2100. The first-order chi connectivity index (χ1) is 22.7. The summed E-state index contributed by atoms with van der Waals surface area (Å²) in [5.41, 5.74) is 2.63. The van der Waals surface area contributed by atoms with Crippen molar-refractivity contribution in [3.8, 4) is 39.7 Å². The molecule has 1 aromatic heterocycles. The minimum Gasteiger partial charge on any atom is -0.497 e. The number of nitrogens with one attached hydrogen (secondary N) is 2. The van der Waals surface area contributed by atoms with Crippen LogP contribution in [0.2, 0.25) is 0 Å². The maximum absolute atomic E-state index is 13.4. The number of anilines is 1. The van der Waals surface area contributed by atoms with Crippen LogP contribution in [0, 0.1) is 0 Å². The fourth-order valence-electron chi connectivity index (χ4n) is 5.42. The van der Waals surface area contributed by atoms with Crippen LogP contribution in [0.15, 0.2) is 89.3 Å². The van der Waals surface area contributed by atoms with Crippen LogP contribution in [-0.4, -0.2) is 52.7 Å². The summed E-state index contributed by atoms with van der Waals surface area (Å²) >= 11 is 0. The quantitative estimate of drug-likeness (QED) is 0.161. The first-order valence-corrected chi connectivity index (χ1v) is 17.2. The highest BCUT2D eigenvalue weighted by Crippen LogP contribution is 2.42. The van der Waals surface area contributed by atoms with Gasteiger partial charge in [0.15, 0.2) is 0 Å². The molecule has 0 saturated carbocycles. The summed E-state index contributed by atoms with van der Waals surface area (Å²) in [7, 11) is -0.600. The second kappa shape index (κ2) is 13.4. The molecule has 0 aliphatic carbocycles. The molecule has 0 radical (unpaired) electrons. The Morgan fingerprint density at radius 1 is 0.854 bits per heavy atom. The molecule has 0 fully saturated rings. The maximum Gasteiger partial charge on any atom is 0.255 e. The van der Waals surface area contributed by atoms with E-state index in [9.17, 15) is 18.0 Å². The fourth-order valence-corrected chi connectivity index (χ4v) is 6.40. The van der Waals surface area contributed by atoms with Gasteiger partial charge in [0, 0.05) is 53.3 Å². The first-order valence-electron chi connectivity index (χ1n) is 15.4. The molecule has 0 saturated heterocycles. The van der Waals surface area contributed by atoms with Gasteiger partial charge in [-0.2, -0.15) is 0 Å². The summed E-state index contributed by atoms with van der Waals surface area (Å²) in [5, 5.41) is 6.15. The van der Waals surface area contributed by atoms with Crippen LogP contribution in [0.25, 0.3) is 33.4 Å². The smallest absolute Gasteiger partial charge is 0.255 e. The molecule has 1 heterocycles. The molecule has 250 valence electrons. The number of carbonyl (C=O) groups is 2. The number of sulfonamides is 1. The standard InChI is InChI=1S/C37H39N3O7S/c1-8-40(48(7,43)44)31-22-32-30(21-29(31)24-11-9-12-25(19-24)35(41)39-37(2,3)4)33(36(42)38-5)34(47-32)23-15-17-26(18-16-23)46-28-14-10-13-27(20-28)45-6/h9-22H,8H2,1-7H3,(H,38,42)(H,39,41). The maximum atomic E-state index is 13.4. The van der Waals surface area contributed by atoms with E-state index in [1.54, 1.807) is 80.8 Å². The molecular weight excluding hydrogens is 630 g/mol. The van der Waals surface area contributed by atoms with Crippen molar-refractivity contribution in [2.45, 2.75) is 33.2 Å². The highest BCUT2D eigenvalue weighted by Gasteiger charge is 2.27. The van der Waals surface area contributed by atoms with Crippen LogP contribution < -0.4 is 24.4 Å². The second-order valence-corrected chi connectivity index (χ2v) is 14.2. The zero-order valence-corrected chi connectivity index (χ0v) is 28.8. The van der Waals surface area contributed by atoms with E-state index < -0.39 is 15.6 Å². The van der Waals surface area contributed by atoms with Crippen molar-refractivity contribution in [2.24, 2.45) is 0 Å². The molecule has 48 heavy (non-hydrogen) atoms. The molecule has 0 spiro atoms. The van der Waals surface area contributed by atoms with Crippen molar-refractivity contribution < 1.29 is 31.9 Å². The number of rotatable bonds is 10. The topological polar surface area (TPSA) is 127 Å². The zero-order valence-electron chi connectivity index (χ0n) is 28.0. The van der Waals surface area contributed by atoms with Crippen LogP contribution in [0.1, 0.15) is 48.4 Å². The number of furan rings is 1. The van der Waals surface area contributed by atoms with E-state index in [0.29, 0.717) is 61.9 Å². The Hall–Kier alpha value is -5.29. The highest BCUT2D eigenvalue weighted by atomic mass is 32.2. The van der Waals surface area contributed by atoms with Crippen molar-refractivity contribution in [3.63, 3.8) is 0 Å². The summed E-state index contributed by atoms with van der Waals surface area (Å²) in [4.78, 5) is 26.5. The van der Waals surface area contributed by atoms with Gasteiger partial charge in [0.05, 0.1) is 24.6 Å². The molecule has 5 rings (SSSR count). The highest BCUT2D eigenvalue weighted by molar-refractivity contribution is 7.92. The Kier molecular flexibility index (Phi) is 9.54. The van der Waals surface area contributed by atoms with Gasteiger partial charge in [0.2, 0.25) is 10.0 Å².